The predicted octanol–water partition coefficient (Wildman–Crippen LogP) is 3.62. The predicted molar refractivity (Wildman–Crippen MR) is 109 cm³/mol. The minimum atomic E-state index is -0.0140. The summed E-state index contributed by atoms with van der Waals surface area (Å²) in [6, 6.07) is 15.0. The van der Waals surface area contributed by atoms with E-state index in [-0.39, 0.29) is 5.43 Å². The molecule has 28 heavy (non-hydrogen) atoms. The number of nitrogens with zero attached hydrogens (tertiary/aromatic N) is 2. The van der Waals surface area contributed by atoms with Crippen LogP contribution in [0.4, 0.5) is 0 Å². The number of rotatable bonds is 5. The van der Waals surface area contributed by atoms with E-state index < -0.39 is 0 Å². The molecule has 2 heterocycles. The van der Waals surface area contributed by atoms with E-state index in [0.29, 0.717) is 40.2 Å². The van der Waals surface area contributed by atoms with Crippen LogP contribution in [0.25, 0.3) is 21.9 Å². The van der Waals surface area contributed by atoms with Crippen molar-refractivity contribution in [2.75, 3.05) is 21.3 Å². The first-order valence-electron chi connectivity index (χ1n) is 8.83. The molecular formula is C22H20N2O4. The SMILES string of the molecule is COc1cc(Cn2c3ccccc3c(=O)c3cccnc32)cc(OC)c1OC. The number of pyridine rings is 2. The molecule has 0 aliphatic heterocycles. The fourth-order valence-electron chi connectivity index (χ4n) is 3.52. The molecule has 0 radical (unpaired) electrons. The van der Waals surface area contributed by atoms with Gasteiger partial charge < -0.3 is 18.8 Å². The average molecular weight is 376 g/mol. The van der Waals surface area contributed by atoms with Crippen molar-refractivity contribution in [1.82, 2.24) is 9.55 Å². The van der Waals surface area contributed by atoms with E-state index in [2.05, 4.69) is 4.98 Å². The van der Waals surface area contributed by atoms with Crippen LogP contribution < -0.4 is 19.6 Å². The van der Waals surface area contributed by atoms with Gasteiger partial charge in [0.2, 0.25) is 5.75 Å². The molecule has 6 nitrogen and oxygen atoms in total. The molecule has 0 aliphatic rings. The van der Waals surface area contributed by atoms with Crippen molar-refractivity contribution in [2.24, 2.45) is 0 Å². The molecule has 0 aliphatic carbocycles. The summed E-state index contributed by atoms with van der Waals surface area (Å²) in [4.78, 5) is 17.4. The smallest absolute Gasteiger partial charge is 0.203 e. The molecule has 0 amide bonds. The van der Waals surface area contributed by atoms with Crippen molar-refractivity contribution < 1.29 is 14.2 Å². The van der Waals surface area contributed by atoms with Gasteiger partial charge in [-0.15, -0.1) is 0 Å². The van der Waals surface area contributed by atoms with Crippen molar-refractivity contribution in [2.45, 2.75) is 6.54 Å². The highest BCUT2D eigenvalue weighted by Gasteiger charge is 2.16. The van der Waals surface area contributed by atoms with Crippen molar-refractivity contribution in [3.63, 3.8) is 0 Å². The van der Waals surface area contributed by atoms with E-state index in [9.17, 15) is 4.79 Å². The number of fused-ring (bicyclic) bond motifs is 2. The van der Waals surface area contributed by atoms with Gasteiger partial charge in [0.05, 0.1) is 32.2 Å². The van der Waals surface area contributed by atoms with Gasteiger partial charge >= 0.3 is 0 Å². The van der Waals surface area contributed by atoms with Crippen LogP contribution >= 0.6 is 0 Å². The van der Waals surface area contributed by atoms with Crippen LogP contribution in [0.1, 0.15) is 5.56 Å². The van der Waals surface area contributed by atoms with Crippen LogP contribution in [0.2, 0.25) is 0 Å². The van der Waals surface area contributed by atoms with Crippen LogP contribution in [-0.4, -0.2) is 30.9 Å². The van der Waals surface area contributed by atoms with Gasteiger partial charge in [-0.2, -0.15) is 0 Å². The molecule has 0 N–H and O–H groups in total. The average Bonchev–Trinajstić information content (AvgIpc) is 2.75. The van der Waals surface area contributed by atoms with Gasteiger partial charge in [0.25, 0.3) is 0 Å². The van der Waals surface area contributed by atoms with Crippen LogP contribution in [-0.2, 0) is 6.54 Å². The second-order valence-electron chi connectivity index (χ2n) is 6.34. The van der Waals surface area contributed by atoms with Gasteiger partial charge in [0.1, 0.15) is 5.65 Å². The Balaban J connectivity index is 1.98. The number of hydrogen-bond acceptors (Lipinski definition) is 5. The Labute approximate surface area is 161 Å². The molecular weight excluding hydrogens is 356 g/mol. The van der Waals surface area contributed by atoms with Crippen LogP contribution in [0, 0.1) is 0 Å². The van der Waals surface area contributed by atoms with E-state index in [1.807, 2.05) is 47.0 Å². The van der Waals surface area contributed by atoms with Crippen molar-refractivity contribution >= 4 is 21.9 Å². The number of hydrogen-bond donors (Lipinski definition) is 0. The monoisotopic (exact) mass is 376 g/mol. The molecule has 0 spiro atoms. The zero-order chi connectivity index (χ0) is 19.7. The van der Waals surface area contributed by atoms with E-state index in [1.54, 1.807) is 33.6 Å². The first-order valence-corrected chi connectivity index (χ1v) is 8.83. The van der Waals surface area contributed by atoms with Gasteiger partial charge in [0.15, 0.2) is 16.9 Å². The van der Waals surface area contributed by atoms with Crippen molar-refractivity contribution in [1.29, 1.82) is 0 Å². The van der Waals surface area contributed by atoms with E-state index in [1.165, 1.54) is 0 Å². The second kappa shape index (κ2) is 7.23. The fourth-order valence-corrected chi connectivity index (χ4v) is 3.52. The summed E-state index contributed by atoms with van der Waals surface area (Å²) in [6.07, 6.45) is 1.70. The summed E-state index contributed by atoms with van der Waals surface area (Å²) in [5, 5.41) is 1.25. The number of para-hydroxylation sites is 1. The quantitative estimate of drug-likeness (QED) is 0.498. The summed E-state index contributed by atoms with van der Waals surface area (Å²) < 4.78 is 18.4. The Kier molecular flexibility index (Phi) is 4.61. The maximum absolute atomic E-state index is 12.9. The first-order chi connectivity index (χ1) is 13.7. The van der Waals surface area contributed by atoms with Gasteiger partial charge in [-0.05, 0) is 42.0 Å². The summed E-state index contributed by atoms with van der Waals surface area (Å²) in [5.41, 5.74) is 2.39. The number of ether oxygens (including phenoxy) is 3. The zero-order valence-corrected chi connectivity index (χ0v) is 15.9. The Hall–Kier alpha value is -3.54. The summed E-state index contributed by atoms with van der Waals surface area (Å²) in [7, 11) is 4.76. The highest BCUT2D eigenvalue weighted by Crippen LogP contribution is 2.38. The molecule has 0 atom stereocenters. The van der Waals surface area contributed by atoms with E-state index >= 15 is 0 Å². The molecule has 0 fully saturated rings. The van der Waals surface area contributed by atoms with Gasteiger partial charge in [0, 0.05) is 18.1 Å². The first kappa shape index (κ1) is 17.9. The molecule has 2 aromatic heterocycles. The lowest BCUT2D eigenvalue weighted by atomic mass is 10.1. The van der Waals surface area contributed by atoms with Gasteiger partial charge in [-0.1, -0.05) is 12.1 Å². The Morgan fingerprint density at radius 1 is 0.893 bits per heavy atom. The maximum Gasteiger partial charge on any atom is 0.203 e. The van der Waals surface area contributed by atoms with E-state index in [0.717, 1.165) is 11.1 Å². The molecule has 0 saturated carbocycles. The fraction of sp³-hybridized carbons (Fsp3) is 0.182. The molecule has 4 aromatic rings. The highest BCUT2D eigenvalue weighted by atomic mass is 16.5. The normalized spacial score (nSPS) is 11.0. The largest absolute Gasteiger partial charge is 0.493 e. The third-order valence-electron chi connectivity index (χ3n) is 4.79. The standard InChI is InChI=1S/C22H20N2O4/c1-26-18-11-14(12-19(27-2)21(18)28-3)13-24-17-9-5-4-7-15(17)20(25)16-8-6-10-23-22(16)24/h4-12H,13H2,1-3H3. The highest BCUT2D eigenvalue weighted by molar-refractivity contribution is 5.91. The summed E-state index contributed by atoms with van der Waals surface area (Å²) >= 11 is 0. The lowest BCUT2D eigenvalue weighted by Crippen LogP contribution is -2.13. The summed E-state index contributed by atoms with van der Waals surface area (Å²) in [6.45, 7) is 0.491. The van der Waals surface area contributed by atoms with E-state index in [4.69, 9.17) is 14.2 Å². The topological polar surface area (TPSA) is 62.6 Å². The molecule has 0 bridgehead atoms. The molecule has 0 saturated heterocycles. The Bertz CT molecular complexity index is 1150. The van der Waals surface area contributed by atoms with Crippen molar-refractivity contribution in [3.05, 3.63) is 70.5 Å². The lowest BCUT2D eigenvalue weighted by molar-refractivity contribution is 0.323. The molecule has 2 aromatic carbocycles. The minimum absolute atomic E-state index is 0.0140. The van der Waals surface area contributed by atoms with Crippen LogP contribution in [0.3, 0.4) is 0 Å². The third-order valence-corrected chi connectivity index (χ3v) is 4.79. The molecule has 0 unspecified atom stereocenters. The zero-order valence-electron chi connectivity index (χ0n) is 15.9. The summed E-state index contributed by atoms with van der Waals surface area (Å²) in [5.74, 6) is 1.71. The second-order valence-corrected chi connectivity index (χ2v) is 6.34. The van der Waals surface area contributed by atoms with Crippen LogP contribution in [0.5, 0.6) is 17.2 Å². The number of methoxy groups -OCH3 is 3. The maximum atomic E-state index is 12.9. The lowest BCUT2D eigenvalue weighted by Gasteiger charge is -2.17. The number of aromatic nitrogens is 2. The van der Waals surface area contributed by atoms with Gasteiger partial charge in [-0.25, -0.2) is 4.98 Å². The van der Waals surface area contributed by atoms with Gasteiger partial charge in [-0.3, -0.25) is 4.79 Å². The minimum Gasteiger partial charge on any atom is -0.493 e. The molecule has 142 valence electrons. The Morgan fingerprint density at radius 3 is 2.25 bits per heavy atom. The molecule has 4 rings (SSSR count). The van der Waals surface area contributed by atoms with Crippen molar-refractivity contribution in [3.8, 4) is 17.2 Å². The van der Waals surface area contributed by atoms with Crippen LogP contribution in [0.15, 0.2) is 59.5 Å². The molecule has 6 heteroatoms. The third kappa shape index (κ3) is 2.83. The number of benzene rings is 2. The Morgan fingerprint density at radius 2 is 1.57 bits per heavy atom.